The Balaban J connectivity index is 4.33. The zero-order valence-corrected chi connectivity index (χ0v) is 33.9. The molecule has 0 aromatic carbocycles. The first-order valence-corrected chi connectivity index (χ1v) is 21.8. The molecule has 51 heavy (non-hydrogen) atoms. The maximum absolute atomic E-state index is 12.6. The average Bonchev–Trinajstić information content (AvgIpc) is 3.12. The first-order chi connectivity index (χ1) is 25.0. The van der Waals surface area contributed by atoms with Gasteiger partial charge in [0.25, 0.3) is 0 Å². The first-order valence-electron chi connectivity index (χ1n) is 21.8. The lowest BCUT2D eigenvalue weighted by molar-refractivity contribution is -0.167. The smallest absolute Gasteiger partial charge is 0.306 e. The molecule has 0 bridgehead atoms. The lowest BCUT2D eigenvalue weighted by atomic mass is 10.1. The van der Waals surface area contributed by atoms with Crippen molar-refractivity contribution in [1.82, 2.24) is 0 Å². The van der Waals surface area contributed by atoms with E-state index in [1.807, 2.05) is 0 Å². The summed E-state index contributed by atoms with van der Waals surface area (Å²) in [6.07, 6.45) is 43.1. The van der Waals surface area contributed by atoms with Crippen molar-refractivity contribution in [1.29, 1.82) is 0 Å². The molecule has 0 saturated heterocycles. The van der Waals surface area contributed by atoms with E-state index in [9.17, 15) is 14.4 Å². The van der Waals surface area contributed by atoms with Gasteiger partial charge in [-0.05, 0) is 70.6 Å². The molecular formula is C45H82O6. The van der Waals surface area contributed by atoms with Gasteiger partial charge in [-0.2, -0.15) is 0 Å². The van der Waals surface area contributed by atoms with Crippen LogP contribution in [0, 0.1) is 0 Å². The third kappa shape index (κ3) is 38.9. The van der Waals surface area contributed by atoms with Gasteiger partial charge in [-0.3, -0.25) is 14.4 Å². The quantitative estimate of drug-likeness (QED) is 0.0272. The molecule has 0 aromatic heterocycles. The van der Waals surface area contributed by atoms with Gasteiger partial charge in [0.15, 0.2) is 6.10 Å². The summed E-state index contributed by atoms with van der Waals surface area (Å²) in [5.74, 6) is -0.899. The Hall–Kier alpha value is -2.11. The van der Waals surface area contributed by atoms with Crippen molar-refractivity contribution in [3.63, 3.8) is 0 Å². The number of carbonyl (C=O) groups excluding carboxylic acids is 3. The van der Waals surface area contributed by atoms with Gasteiger partial charge >= 0.3 is 17.9 Å². The summed E-state index contributed by atoms with van der Waals surface area (Å²) in [6.45, 7) is 6.54. The SMILES string of the molecule is CCCCC/C=C\CCCCCCCC(=O)OC(COC(=O)CCCCCCC/C=C\CCCCCCC)COC(=O)CCCCCCCCC. The average molecular weight is 719 g/mol. The molecule has 0 fully saturated rings. The fraction of sp³-hybridized carbons (Fsp3) is 0.844. The molecule has 0 amide bonds. The van der Waals surface area contributed by atoms with Gasteiger partial charge in [0.2, 0.25) is 0 Å². The number of hydrogen-bond donors (Lipinski definition) is 0. The van der Waals surface area contributed by atoms with E-state index >= 15 is 0 Å². The third-order valence-corrected chi connectivity index (χ3v) is 9.43. The minimum atomic E-state index is -0.770. The number of carbonyl (C=O) groups is 3. The topological polar surface area (TPSA) is 78.9 Å². The number of unbranched alkanes of at least 4 members (excludes halogenated alkanes) is 24. The molecule has 1 unspecified atom stereocenters. The molecule has 0 radical (unpaired) electrons. The molecule has 0 aliphatic heterocycles. The van der Waals surface area contributed by atoms with Crippen molar-refractivity contribution in [2.45, 2.75) is 232 Å². The Morgan fingerprint density at radius 2 is 0.647 bits per heavy atom. The number of rotatable bonds is 39. The number of hydrogen-bond acceptors (Lipinski definition) is 6. The Bertz CT molecular complexity index is 835. The molecule has 0 rings (SSSR count). The molecule has 298 valence electrons. The van der Waals surface area contributed by atoms with E-state index in [0.29, 0.717) is 19.3 Å². The second-order valence-electron chi connectivity index (χ2n) is 14.6. The normalized spacial score (nSPS) is 12.1. The van der Waals surface area contributed by atoms with Crippen molar-refractivity contribution in [2.24, 2.45) is 0 Å². The number of allylic oxidation sites excluding steroid dienone is 4. The van der Waals surface area contributed by atoms with Crippen LogP contribution in [0.3, 0.4) is 0 Å². The molecule has 6 nitrogen and oxygen atoms in total. The molecule has 1 atom stereocenters. The van der Waals surface area contributed by atoms with Gasteiger partial charge in [-0.25, -0.2) is 0 Å². The van der Waals surface area contributed by atoms with Gasteiger partial charge in [0.05, 0.1) is 0 Å². The van der Waals surface area contributed by atoms with Crippen molar-refractivity contribution in [3.05, 3.63) is 24.3 Å². The summed E-state index contributed by atoms with van der Waals surface area (Å²) in [5, 5.41) is 0. The third-order valence-electron chi connectivity index (χ3n) is 9.43. The molecule has 0 heterocycles. The van der Waals surface area contributed by atoms with Crippen molar-refractivity contribution in [3.8, 4) is 0 Å². The Morgan fingerprint density at radius 3 is 1.02 bits per heavy atom. The highest BCUT2D eigenvalue weighted by Gasteiger charge is 2.19. The van der Waals surface area contributed by atoms with Crippen LogP contribution in [0.5, 0.6) is 0 Å². The van der Waals surface area contributed by atoms with Crippen LogP contribution < -0.4 is 0 Å². The summed E-state index contributed by atoms with van der Waals surface area (Å²) < 4.78 is 16.6. The lowest BCUT2D eigenvalue weighted by Crippen LogP contribution is -2.30. The molecule has 0 N–H and O–H groups in total. The van der Waals surface area contributed by atoms with Crippen molar-refractivity contribution < 1.29 is 28.6 Å². The van der Waals surface area contributed by atoms with E-state index in [1.165, 1.54) is 109 Å². The van der Waals surface area contributed by atoms with Gasteiger partial charge in [-0.15, -0.1) is 0 Å². The summed E-state index contributed by atoms with van der Waals surface area (Å²) >= 11 is 0. The highest BCUT2D eigenvalue weighted by molar-refractivity contribution is 5.71. The highest BCUT2D eigenvalue weighted by atomic mass is 16.6. The maximum Gasteiger partial charge on any atom is 0.306 e. The van der Waals surface area contributed by atoms with E-state index in [-0.39, 0.29) is 31.1 Å². The Kier molecular flexibility index (Phi) is 39.0. The standard InChI is InChI=1S/C45H82O6/c1-4-7-10-13-16-18-20-22-23-25-26-29-32-35-38-44(47)50-41-42(40-49-43(46)37-34-31-28-15-12-9-6-3)51-45(48)39-36-33-30-27-24-21-19-17-14-11-8-5-2/h17,19-20,22,42H,4-16,18,21,23-41H2,1-3H3/b19-17-,22-20-. The van der Waals surface area contributed by atoms with Gasteiger partial charge in [0.1, 0.15) is 13.2 Å². The highest BCUT2D eigenvalue weighted by Crippen LogP contribution is 2.13. The van der Waals surface area contributed by atoms with Gasteiger partial charge in [0, 0.05) is 19.3 Å². The van der Waals surface area contributed by atoms with Gasteiger partial charge < -0.3 is 14.2 Å². The molecule has 0 spiro atoms. The zero-order chi connectivity index (χ0) is 37.3. The molecule has 0 aliphatic carbocycles. The summed E-state index contributed by atoms with van der Waals surface area (Å²) in [7, 11) is 0. The summed E-state index contributed by atoms with van der Waals surface area (Å²) in [6, 6.07) is 0. The van der Waals surface area contributed by atoms with E-state index in [4.69, 9.17) is 14.2 Å². The number of ether oxygens (including phenoxy) is 3. The maximum atomic E-state index is 12.6. The molecule has 0 saturated carbocycles. The Morgan fingerprint density at radius 1 is 0.373 bits per heavy atom. The van der Waals surface area contributed by atoms with E-state index in [0.717, 1.165) is 77.0 Å². The number of esters is 3. The second-order valence-corrected chi connectivity index (χ2v) is 14.6. The van der Waals surface area contributed by atoms with Crippen LogP contribution in [0.4, 0.5) is 0 Å². The van der Waals surface area contributed by atoms with Crippen molar-refractivity contribution in [2.75, 3.05) is 13.2 Å². The minimum Gasteiger partial charge on any atom is -0.462 e. The Labute approximate surface area is 315 Å². The summed E-state index contributed by atoms with van der Waals surface area (Å²) in [5.41, 5.74) is 0. The fourth-order valence-corrected chi connectivity index (χ4v) is 6.08. The molecule has 6 heteroatoms. The molecule has 0 aliphatic rings. The largest absolute Gasteiger partial charge is 0.462 e. The van der Waals surface area contributed by atoms with Crippen LogP contribution in [0.1, 0.15) is 226 Å². The van der Waals surface area contributed by atoms with Crippen LogP contribution in [-0.2, 0) is 28.6 Å². The van der Waals surface area contributed by atoms with Crippen molar-refractivity contribution >= 4 is 17.9 Å². The predicted octanol–water partition coefficient (Wildman–Crippen LogP) is 13.6. The summed E-state index contributed by atoms with van der Waals surface area (Å²) in [4.78, 5) is 37.5. The van der Waals surface area contributed by atoms with Gasteiger partial charge in [-0.1, -0.05) is 161 Å². The van der Waals surface area contributed by atoms with E-state index in [2.05, 4.69) is 45.1 Å². The van der Waals surface area contributed by atoms with Crippen LogP contribution in [0.15, 0.2) is 24.3 Å². The zero-order valence-electron chi connectivity index (χ0n) is 33.9. The molecular weight excluding hydrogens is 636 g/mol. The lowest BCUT2D eigenvalue weighted by Gasteiger charge is -2.18. The fourth-order valence-electron chi connectivity index (χ4n) is 6.08. The van der Waals surface area contributed by atoms with Crippen LogP contribution in [0.25, 0.3) is 0 Å². The van der Waals surface area contributed by atoms with E-state index in [1.54, 1.807) is 0 Å². The van der Waals surface area contributed by atoms with Crippen LogP contribution in [-0.4, -0.2) is 37.2 Å². The minimum absolute atomic E-state index is 0.0758. The van der Waals surface area contributed by atoms with E-state index < -0.39 is 6.10 Å². The monoisotopic (exact) mass is 719 g/mol. The van der Waals surface area contributed by atoms with Crippen LogP contribution >= 0.6 is 0 Å². The predicted molar refractivity (Wildman–Crippen MR) is 215 cm³/mol. The molecule has 0 aromatic rings. The van der Waals surface area contributed by atoms with Crippen LogP contribution in [0.2, 0.25) is 0 Å². The second kappa shape index (κ2) is 40.7. The first kappa shape index (κ1) is 48.9.